The quantitative estimate of drug-likeness (QED) is 0.122. The SMILES string of the molecule is CC(C)(C)c1ccc(S(=O)(=O)N2Cc3ccc(C(F)(F)F)nc3Nc3ccc(Br)cc32)cc1.COC(=O)C(C)(C)c1ccc2c(c1)N(S(=O)(=O)c1ccc(C(C)(C)C)cc1)Cc1ccc(C(F)(F)F)nc1N2. The molecule has 382 valence electrons. The molecule has 21 heteroatoms. The number of fused-ring (bicyclic) bond motifs is 4. The predicted octanol–water partition coefficient (Wildman–Crippen LogP) is 12.9. The highest BCUT2D eigenvalue weighted by Gasteiger charge is 2.39. The van der Waals surface area contributed by atoms with Crippen LogP contribution < -0.4 is 19.2 Å². The van der Waals surface area contributed by atoms with Crippen molar-refractivity contribution < 1.29 is 52.7 Å². The second kappa shape index (κ2) is 19.0. The Labute approximate surface area is 423 Å². The maximum Gasteiger partial charge on any atom is 0.433 e. The van der Waals surface area contributed by atoms with Crippen LogP contribution in [-0.2, 0) is 71.3 Å². The van der Waals surface area contributed by atoms with Crippen molar-refractivity contribution in [3.63, 3.8) is 0 Å². The molecule has 0 atom stereocenters. The molecule has 0 saturated heterocycles. The van der Waals surface area contributed by atoms with Crippen LogP contribution in [-0.4, -0.2) is 39.9 Å². The van der Waals surface area contributed by atoms with Gasteiger partial charge in [-0.1, -0.05) is 99.9 Å². The van der Waals surface area contributed by atoms with Crippen molar-refractivity contribution in [3.05, 3.63) is 153 Å². The summed E-state index contributed by atoms with van der Waals surface area (Å²) in [6.07, 6.45) is -9.30. The maximum atomic E-state index is 14.1. The van der Waals surface area contributed by atoms with E-state index >= 15 is 0 Å². The third-order valence-corrected chi connectivity index (χ3v) is 16.2. The molecule has 0 fully saturated rings. The summed E-state index contributed by atoms with van der Waals surface area (Å²) in [5.41, 5.74) is 0.353. The van der Waals surface area contributed by atoms with Gasteiger partial charge in [0.25, 0.3) is 20.0 Å². The van der Waals surface area contributed by atoms with E-state index in [1.807, 2.05) is 41.5 Å². The van der Waals surface area contributed by atoms with Gasteiger partial charge in [-0.2, -0.15) is 26.3 Å². The van der Waals surface area contributed by atoms with E-state index in [2.05, 4.69) is 36.5 Å². The molecule has 0 saturated carbocycles. The molecule has 2 aromatic heterocycles. The zero-order valence-corrected chi connectivity index (χ0v) is 43.7. The molecule has 2 aliphatic rings. The van der Waals surface area contributed by atoms with Gasteiger partial charge >= 0.3 is 18.3 Å². The van der Waals surface area contributed by atoms with Crippen LogP contribution in [0.25, 0.3) is 0 Å². The number of nitrogens with one attached hydrogen (secondary N) is 2. The summed E-state index contributed by atoms with van der Waals surface area (Å²) in [6.45, 7) is 14.9. The zero-order chi connectivity index (χ0) is 53.1. The van der Waals surface area contributed by atoms with Crippen LogP contribution >= 0.6 is 15.9 Å². The second-order valence-electron chi connectivity index (χ2n) is 19.7. The van der Waals surface area contributed by atoms with E-state index in [0.717, 1.165) is 27.6 Å². The van der Waals surface area contributed by atoms with E-state index in [1.54, 1.807) is 74.5 Å². The highest BCUT2D eigenvalue weighted by molar-refractivity contribution is 9.10. The first-order valence-corrected chi connectivity index (χ1v) is 25.9. The topological polar surface area (TPSA) is 151 Å². The highest BCUT2D eigenvalue weighted by atomic mass is 79.9. The van der Waals surface area contributed by atoms with Gasteiger partial charge in [0.15, 0.2) is 0 Å². The van der Waals surface area contributed by atoms with Crippen LogP contribution in [0.4, 0.5) is 60.7 Å². The first kappa shape index (κ1) is 53.6. The number of benzene rings is 4. The molecule has 0 spiro atoms. The standard InChI is InChI=1S/C28H30F3N3O4S.C23H21BrF3N3O2S/c1-26(2,3)18-8-11-20(12-9-18)39(36,37)34-16-17-7-14-23(28(29,30)31)33-24(17)32-21-13-10-19(15-22(21)34)27(4,5)25(35)38-6;1-22(2,3)15-5-8-17(9-6-15)33(31,32)30-13-14-4-11-20(23(25,26)27)29-21(14)28-18-10-7-16(24)12-19(18)30/h7-15H,16H2,1-6H3,(H,32,33);4-12H,13H2,1-3H3,(H,28,29). The molecule has 0 aliphatic carbocycles. The Hall–Kier alpha value is -6.19. The molecular formula is C51H51BrF6N6O6S2. The fraction of sp³-hybridized carbons (Fsp3) is 0.314. The number of alkyl halides is 6. The van der Waals surface area contributed by atoms with E-state index in [0.29, 0.717) is 27.0 Å². The molecular weight excluding hydrogens is 1050 g/mol. The molecule has 0 bridgehead atoms. The summed E-state index contributed by atoms with van der Waals surface area (Å²) >= 11 is 3.36. The predicted molar refractivity (Wildman–Crippen MR) is 268 cm³/mol. The molecule has 0 amide bonds. The minimum Gasteiger partial charge on any atom is -0.468 e. The number of carbonyl (C=O) groups excluding carboxylic acids is 1. The van der Waals surface area contributed by atoms with Crippen molar-refractivity contribution in [1.29, 1.82) is 0 Å². The Bertz CT molecular complexity index is 3280. The molecule has 8 rings (SSSR count). The van der Waals surface area contributed by atoms with Crippen molar-refractivity contribution in [1.82, 2.24) is 9.97 Å². The highest BCUT2D eigenvalue weighted by Crippen LogP contribution is 2.44. The molecule has 0 unspecified atom stereocenters. The number of aromatic nitrogens is 2. The zero-order valence-electron chi connectivity index (χ0n) is 40.5. The van der Waals surface area contributed by atoms with Gasteiger partial charge in [-0.05, 0) is 108 Å². The number of ether oxygens (including phenoxy) is 1. The van der Waals surface area contributed by atoms with Crippen molar-refractivity contribution in [3.8, 4) is 0 Å². The largest absolute Gasteiger partial charge is 0.468 e. The average molecular weight is 1100 g/mol. The van der Waals surface area contributed by atoms with E-state index < -0.39 is 55.2 Å². The Balaban J connectivity index is 0.000000214. The number of hydrogen-bond donors (Lipinski definition) is 2. The van der Waals surface area contributed by atoms with Crippen molar-refractivity contribution in [2.45, 2.75) is 107 Å². The van der Waals surface area contributed by atoms with E-state index in [9.17, 15) is 48.0 Å². The second-order valence-corrected chi connectivity index (χ2v) is 24.4. The smallest absolute Gasteiger partial charge is 0.433 e. The van der Waals surface area contributed by atoms with E-state index in [4.69, 9.17) is 4.74 Å². The van der Waals surface area contributed by atoms with Gasteiger partial charge in [0.1, 0.15) is 23.0 Å². The number of sulfonamides is 2. The number of halogens is 7. The van der Waals surface area contributed by atoms with Gasteiger partial charge in [-0.3, -0.25) is 13.4 Å². The van der Waals surface area contributed by atoms with Gasteiger partial charge in [0.05, 0.1) is 58.2 Å². The van der Waals surface area contributed by atoms with Gasteiger partial charge in [0, 0.05) is 15.6 Å². The lowest BCUT2D eigenvalue weighted by Gasteiger charge is -2.28. The van der Waals surface area contributed by atoms with Gasteiger partial charge in [0.2, 0.25) is 0 Å². The molecule has 4 aromatic carbocycles. The molecule has 0 radical (unpaired) electrons. The lowest BCUT2D eigenvalue weighted by Crippen LogP contribution is -2.32. The maximum absolute atomic E-state index is 14.1. The normalized spacial score (nSPS) is 14.2. The lowest BCUT2D eigenvalue weighted by molar-refractivity contribution is -0.146. The first-order chi connectivity index (χ1) is 33.2. The number of anilines is 6. The van der Waals surface area contributed by atoms with Crippen LogP contribution in [0.2, 0.25) is 0 Å². The summed E-state index contributed by atoms with van der Waals surface area (Å²) in [4.78, 5) is 20.1. The van der Waals surface area contributed by atoms with E-state index in [1.165, 1.54) is 47.8 Å². The Morgan fingerprint density at radius 1 is 0.556 bits per heavy atom. The van der Waals surface area contributed by atoms with Crippen LogP contribution in [0.5, 0.6) is 0 Å². The van der Waals surface area contributed by atoms with Crippen LogP contribution in [0.15, 0.2) is 123 Å². The van der Waals surface area contributed by atoms with Gasteiger partial charge < -0.3 is 15.4 Å². The summed E-state index contributed by atoms with van der Waals surface area (Å²) in [7, 11) is -6.98. The number of nitrogens with zero attached hydrogens (tertiary/aromatic N) is 4. The van der Waals surface area contributed by atoms with Gasteiger partial charge in [-0.15, -0.1) is 0 Å². The van der Waals surface area contributed by atoms with Crippen LogP contribution in [0, 0.1) is 0 Å². The van der Waals surface area contributed by atoms with Crippen LogP contribution in [0.1, 0.15) is 94.6 Å². The number of pyridine rings is 2. The fourth-order valence-corrected chi connectivity index (χ4v) is 11.1. The minimum atomic E-state index is -4.68. The van der Waals surface area contributed by atoms with Crippen molar-refractivity contribution in [2.75, 3.05) is 26.4 Å². The summed E-state index contributed by atoms with van der Waals surface area (Å²) < 4.78 is 143. The number of esters is 1. The number of rotatable bonds is 6. The Morgan fingerprint density at radius 3 is 1.31 bits per heavy atom. The van der Waals surface area contributed by atoms with Crippen LogP contribution in [0.3, 0.4) is 0 Å². The average Bonchev–Trinajstić information content (AvgIpc) is 3.58. The third-order valence-electron chi connectivity index (χ3n) is 12.2. The van der Waals surface area contributed by atoms with E-state index in [-0.39, 0.29) is 62.3 Å². The molecule has 2 N–H and O–H groups in total. The first-order valence-electron chi connectivity index (χ1n) is 22.2. The summed E-state index contributed by atoms with van der Waals surface area (Å²) in [5, 5.41) is 5.77. The third kappa shape index (κ3) is 10.9. The molecule has 6 aromatic rings. The van der Waals surface area contributed by atoms with Gasteiger partial charge in [-0.25, -0.2) is 26.8 Å². The minimum absolute atomic E-state index is 0.0161. The summed E-state index contributed by atoms with van der Waals surface area (Å²) in [6, 6.07) is 26.9. The Morgan fingerprint density at radius 2 is 0.931 bits per heavy atom. The monoisotopic (exact) mass is 1100 g/mol. The summed E-state index contributed by atoms with van der Waals surface area (Å²) in [5.74, 6) is -0.669. The lowest BCUT2D eigenvalue weighted by atomic mass is 9.84. The number of carbonyl (C=O) groups is 1. The van der Waals surface area contributed by atoms with Crippen molar-refractivity contribution in [2.24, 2.45) is 0 Å². The van der Waals surface area contributed by atoms with Crippen molar-refractivity contribution >= 4 is 76.3 Å². The molecule has 2 aliphatic heterocycles. The Kier molecular flexibility index (Phi) is 14.2. The molecule has 4 heterocycles. The molecule has 12 nitrogen and oxygen atoms in total. The molecule has 72 heavy (non-hydrogen) atoms. The number of methoxy groups -OCH3 is 1. The fourth-order valence-electron chi connectivity index (χ4n) is 7.86. The number of hydrogen-bond acceptors (Lipinski definition) is 10.